The molecule has 0 aromatic rings. The molecule has 0 N–H and O–H groups in total. The van der Waals surface area contributed by atoms with E-state index in [4.69, 9.17) is 9.26 Å². The predicted octanol–water partition coefficient (Wildman–Crippen LogP) is 1.49. The molecule has 0 atom stereocenters. The lowest BCUT2D eigenvalue weighted by Crippen LogP contribution is -2.16. The van der Waals surface area contributed by atoms with Crippen molar-refractivity contribution in [3.05, 3.63) is 0 Å². The van der Waals surface area contributed by atoms with Crippen LogP contribution >= 0.6 is 7.37 Å². The van der Waals surface area contributed by atoms with E-state index in [1.54, 1.807) is 13.8 Å². The fourth-order valence-electron chi connectivity index (χ4n) is 0.505. The van der Waals surface area contributed by atoms with Gasteiger partial charge < -0.3 is 9.26 Å². The zero-order valence-electron chi connectivity index (χ0n) is 7.86. The summed E-state index contributed by atoms with van der Waals surface area (Å²) in [4.78, 5) is 10.8. The summed E-state index contributed by atoms with van der Waals surface area (Å²) in [6, 6.07) is 0. The number of esters is 1. The summed E-state index contributed by atoms with van der Waals surface area (Å²) in [6.45, 7) is 6.17. The Morgan fingerprint density at radius 2 is 1.92 bits per heavy atom. The Morgan fingerprint density at radius 1 is 1.42 bits per heavy atom. The summed E-state index contributed by atoms with van der Waals surface area (Å²) in [6.07, 6.45) is -0.158. The van der Waals surface area contributed by atoms with Crippen LogP contribution in [0.5, 0.6) is 0 Å². The van der Waals surface area contributed by atoms with E-state index in [1.165, 1.54) is 13.3 Å². The fourth-order valence-corrected chi connectivity index (χ4v) is 0.921. The molecule has 0 saturated carbocycles. The molecule has 0 heterocycles. The van der Waals surface area contributed by atoms with Crippen LogP contribution in [0.4, 0.5) is 0 Å². The van der Waals surface area contributed by atoms with E-state index in [0.717, 1.165) is 0 Å². The minimum absolute atomic E-state index is 0.158. The maximum atomic E-state index is 11.0. The first-order valence-corrected chi connectivity index (χ1v) is 6.22. The highest BCUT2D eigenvalue weighted by molar-refractivity contribution is 7.57. The van der Waals surface area contributed by atoms with Gasteiger partial charge >= 0.3 is 5.97 Å². The van der Waals surface area contributed by atoms with Crippen LogP contribution in [0, 0.1) is 0 Å². The van der Waals surface area contributed by atoms with Crippen LogP contribution in [0.1, 0.15) is 13.8 Å². The average Bonchev–Trinajstić information content (AvgIpc) is 1.80. The first kappa shape index (κ1) is 11.7. The Kier molecular flexibility index (Phi) is 4.50. The predicted molar refractivity (Wildman–Crippen MR) is 46.6 cm³/mol. The third-order valence-electron chi connectivity index (χ3n) is 0.860. The van der Waals surface area contributed by atoms with Gasteiger partial charge in [0.1, 0.15) is 0 Å². The van der Waals surface area contributed by atoms with Crippen LogP contribution in [-0.4, -0.2) is 32.0 Å². The van der Waals surface area contributed by atoms with Gasteiger partial charge in [0, 0.05) is 13.3 Å². The second kappa shape index (κ2) is 4.63. The van der Waals surface area contributed by atoms with E-state index < -0.39 is 13.3 Å². The van der Waals surface area contributed by atoms with Crippen molar-refractivity contribution in [1.29, 1.82) is 0 Å². The van der Waals surface area contributed by atoms with E-state index in [-0.39, 0.29) is 12.7 Å². The molecular weight excluding hydrogens is 179 g/mol. The van der Waals surface area contributed by atoms with Crippen LogP contribution in [0.15, 0.2) is 0 Å². The number of carbonyl (C=O) groups is 1. The van der Waals surface area contributed by atoms with E-state index in [2.05, 4.69) is 0 Å². The standard InChI is InChI=1S/C7H15O4P/c1-6(2)11-7(8)5-10-12(3,4)9/h6H,5H2,1-4H3. The third kappa shape index (κ3) is 7.76. The molecule has 0 saturated heterocycles. The lowest BCUT2D eigenvalue weighted by atomic mass is 10.5. The van der Waals surface area contributed by atoms with Crippen molar-refractivity contribution >= 4 is 13.3 Å². The normalized spacial score (nSPS) is 11.8. The zero-order chi connectivity index (χ0) is 9.78. The summed E-state index contributed by atoms with van der Waals surface area (Å²) < 4.78 is 20.5. The lowest BCUT2D eigenvalue weighted by Gasteiger charge is -2.10. The van der Waals surface area contributed by atoms with Crippen LogP contribution in [0.25, 0.3) is 0 Å². The highest BCUT2D eigenvalue weighted by Crippen LogP contribution is 2.36. The van der Waals surface area contributed by atoms with E-state index in [1.807, 2.05) is 0 Å². The van der Waals surface area contributed by atoms with Crippen molar-refractivity contribution in [2.45, 2.75) is 20.0 Å². The average molecular weight is 194 g/mol. The molecule has 72 valence electrons. The van der Waals surface area contributed by atoms with Crippen LogP contribution in [-0.2, 0) is 18.6 Å². The van der Waals surface area contributed by atoms with Gasteiger partial charge in [-0.3, -0.25) is 4.57 Å². The molecule has 0 aliphatic rings. The molecule has 0 amide bonds. The molecule has 0 fully saturated rings. The van der Waals surface area contributed by atoms with Crippen LogP contribution in [0.2, 0.25) is 0 Å². The molecule has 12 heavy (non-hydrogen) atoms. The van der Waals surface area contributed by atoms with Gasteiger partial charge in [0.2, 0.25) is 0 Å². The second-order valence-corrected chi connectivity index (χ2v) is 5.83. The third-order valence-corrected chi connectivity index (χ3v) is 1.61. The van der Waals surface area contributed by atoms with Gasteiger partial charge in [0.25, 0.3) is 0 Å². The summed E-state index contributed by atoms with van der Waals surface area (Å²) >= 11 is 0. The van der Waals surface area contributed by atoms with E-state index in [9.17, 15) is 9.36 Å². The summed E-state index contributed by atoms with van der Waals surface area (Å²) in [7, 11) is -2.56. The SMILES string of the molecule is CC(C)OC(=O)COP(C)(C)=O. The van der Waals surface area contributed by atoms with Crippen molar-refractivity contribution in [2.75, 3.05) is 19.9 Å². The quantitative estimate of drug-likeness (QED) is 0.502. The van der Waals surface area contributed by atoms with Gasteiger partial charge in [-0.25, -0.2) is 4.79 Å². The molecule has 0 aromatic heterocycles. The van der Waals surface area contributed by atoms with Crippen molar-refractivity contribution in [2.24, 2.45) is 0 Å². The number of ether oxygens (including phenoxy) is 1. The maximum absolute atomic E-state index is 11.0. The molecule has 0 unspecified atom stereocenters. The Balaban J connectivity index is 3.66. The van der Waals surface area contributed by atoms with Gasteiger partial charge in [-0.1, -0.05) is 0 Å². The maximum Gasteiger partial charge on any atom is 0.332 e. The first-order chi connectivity index (χ1) is 5.31. The van der Waals surface area contributed by atoms with Gasteiger partial charge in [0.05, 0.1) is 6.10 Å². The smallest absolute Gasteiger partial charge is 0.332 e. The fraction of sp³-hybridized carbons (Fsp3) is 0.857. The largest absolute Gasteiger partial charge is 0.461 e. The molecule has 0 aliphatic carbocycles. The summed E-state index contributed by atoms with van der Waals surface area (Å²) in [5, 5.41) is 0. The van der Waals surface area contributed by atoms with Crippen molar-refractivity contribution in [3.63, 3.8) is 0 Å². The van der Waals surface area contributed by atoms with Gasteiger partial charge in [0.15, 0.2) is 14.0 Å². The van der Waals surface area contributed by atoms with E-state index in [0.29, 0.717) is 0 Å². The Labute approximate surface area is 72.7 Å². The monoisotopic (exact) mass is 194 g/mol. The lowest BCUT2D eigenvalue weighted by molar-refractivity contribution is -0.149. The van der Waals surface area contributed by atoms with Crippen LogP contribution < -0.4 is 0 Å². The minimum atomic E-state index is -2.56. The topological polar surface area (TPSA) is 52.6 Å². The summed E-state index contributed by atoms with van der Waals surface area (Å²) in [5.41, 5.74) is 0. The first-order valence-electron chi connectivity index (χ1n) is 3.70. The van der Waals surface area contributed by atoms with Crippen molar-refractivity contribution < 1.29 is 18.6 Å². The van der Waals surface area contributed by atoms with Gasteiger partial charge in [-0.05, 0) is 13.8 Å². The Morgan fingerprint density at radius 3 is 2.25 bits per heavy atom. The van der Waals surface area contributed by atoms with Crippen molar-refractivity contribution in [1.82, 2.24) is 0 Å². The summed E-state index contributed by atoms with van der Waals surface area (Å²) in [5.74, 6) is -0.478. The highest BCUT2D eigenvalue weighted by Gasteiger charge is 2.12. The zero-order valence-corrected chi connectivity index (χ0v) is 8.76. The Hall–Kier alpha value is -0.340. The molecule has 0 bridgehead atoms. The number of hydrogen-bond acceptors (Lipinski definition) is 4. The van der Waals surface area contributed by atoms with Crippen LogP contribution in [0.3, 0.4) is 0 Å². The van der Waals surface area contributed by atoms with Crippen molar-refractivity contribution in [3.8, 4) is 0 Å². The molecule has 0 aliphatic heterocycles. The Bertz CT molecular complexity index is 194. The number of carbonyl (C=O) groups excluding carboxylic acids is 1. The molecule has 4 nitrogen and oxygen atoms in total. The van der Waals surface area contributed by atoms with Gasteiger partial charge in [-0.15, -0.1) is 0 Å². The molecule has 5 heteroatoms. The molecule has 0 spiro atoms. The molecule has 0 rings (SSSR count). The molecular formula is C7H15O4P. The minimum Gasteiger partial charge on any atom is -0.461 e. The van der Waals surface area contributed by atoms with Gasteiger partial charge in [-0.2, -0.15) is 0 Å². The van der Waals surface area contributed by atoms with E-state index >= 15 is 0 Å². The second-order valence-electron chi connectivity index (χ2n) is 3.06. The molecule has 0 aromatic carbocycles. The highest BCUT2D eigenvalue weighted by atomic mass is 31.2. The molecule has 0 radical (unpaired) electrons. The number of rotatable bonds is 4. The number of hydrogen-bond donors (Lipinski definition) is 0.